The molecule has 4 aromatic rings. The zero-order valence-electron chi connectivity index (χ0n) is 19.4. The largest absolute Gasteiger partial charge is 0.324 e. The SMILES string of the molecule is Cc1ccc(C)c(S(=O)(=O)N(CCc2ccccc2)CC(=O)Nc2cccc3ccccc23)c1. The van der Waals surface area contributed by atoms with Crippen molar-refractivity contribution in [2.45, 2.75) is 25.2 Å². The van der Waals surface area contributed by atoms with E-state index in [1.165, 1.54) is 4.31 Å². The summed E-state index contributed by atoms with van der Waals surface area (Å²) in [5, 5.41) is 4.83. The van der Waals surface area contributed by atoms with Gasteiger partial charge in [0, 0.05) is 17.6 Å². The van der Waals surface area contributed by atoms with Crippen molar-refractivity contribution in [3.05, 3.63) is 108 Å². The second-order valence-corrected chi connectivity index (χ2v) is 10.3. The molecular weight excluding hydrogens is 444 g/mol. The lowest BCUT2D eigenvalue weighted by Gasteiger charge is -2.23. The molecule has 174 valence electrons. The van der Waals surface area contributed by atoms with Crippen molar-refractivity contribution in [1.29, 1.82) is 0 Å². The number of nitrogens with one attached hydrogen (secondary N) is 1. The summed E-state index contributed by atoms with van der Waals surface area (Å²) in [5.74, 6) is -0.377. The first kappa shape index (κ1) is 23.7. The Morgan fingerprint density at radius 2 is 1.56 bits per heavy atom. The highest BCUT2D eigenvalue weighted by Crippen LogP contribution is 2.24. The number of carbonyl (C=O) groups excluding carboxylic acids is 1. The fraction of sp³-hybridized carbons (Fsp3) is 0.179. The fourth-order valence-corrected chi connectivity index (χ4v) is 5.70. The van der Waals surface area contributed by atoms with E-state index in [1.54, 1.807) is 19.1 Å². The minimum Gasteiger partial charge on any atom is -0.324 e. The van der Waals surface area contributed by atoms with Crippen molar-refractivity contribution < 1.29 is 13.2 Å². The number of aryl methyl sites for hydroxylation is 2. The molecule has 0 heterocycles. The van der Waals surface area contributed by atoms with Crippen LogP contribution in [0.15, 0.2) is 95.9 Å². The third kappa shape index (κ3) is 5.35. The summed E-state index contributed by atoms with van der Waals surface area (Å²) in [5.41, 5.74) is 3.19. The van der Waals surface area contributed by atoms with Gasteiger partial charge in [-0.1, -0.05) is 78.9 Å². The van der Waals surface area contributed by atoms with Gasteiger partial charge in [0.1, 0.15) is 0 Å². The van der Waals surface area contributed by atoms with Crippen LogP contribution < -0.4 is 5.32 Å². The van der Waals surface area contributed by atoms with Crippen molar-refractivity contribution in [1.82, 2.24) is 4.31 Å². The molecule has 1 amide bonds. The van der Waals surface area contributed by atoms with E-state index in [4.69, 9.17) is 0 Å². The molecular formula is C28H28N2O3S. The number of carbonyl (C=O) groups is 1. The van der Waals surface area contributed by atoms with E-state index in [0.29, 0.717) is 17.7 Å². The number of nitrogens with zero attached hydrogens (tertiary/aromatic N) is 1. The van der Waals surface area contributed by atoms with Crippen LogP contribution in [0, 0.1) is 13.8 Å². The quantitative estimate of drug-likeness (QED) is 0.377. The number of benzene rings is 4. The van der Waals surface area contributed by atoms with Gasteiger partial charge in [0.05, 0.1) is 11.4 Å². The summed E-state index contributed by atoms with van der Waals surface area (Å²) in [4.78, 5) is 13.3. The number of fused-ring (bicyclic) bond motifs is 1. The van der Waals surface area contributed by atoms with Crippen LogP contribution >= 0.6 is 0 Å². The van der Waals surface area contributed by atoms with Crippen LogP contribution in [0.3, 0.4) is 0 Å². The molecule has 34 heavy (non-hydrogen) atoms. The third-order valence-corrected chi connectivity index (χ3v) is 7.83. The van der Waals surface area contributed by atoms with Gasteiger partial charge in [0.25, 0.3) is 0 Å². The summed E-state index contributed by atoms with van der Waals surface area (Å²) in [6, 6.07) is 28.5. The Morgan fingerprint density at radius 3 is 2.35 bits per heavy atom. The second kappa shape index (κ2) is 10.2. The van der Waals surface area contributed by atoms with Crippen molar-refractivity contribution in [2.75, 3.05) is 18.4 Å². The molecule has 0 aliphatic carbocycles. The van der Waals surface area contributed by atoms with Crippen LogP contribution in [-0.2, 0) is 21.2 Å². The molecule has 0 fully saturated rings. The van der Waals surface area contributed by atoms with E-state index >= 15 is 0 Å². The molecule has 0 aliphatic heterocycles. The smallest absolute Gasteiger partial charge is 0.243 e. The molecule has 0 spiro atoms. The number of sulfonamides is 1. The molecule has 0 saturated heterocycles. The van der Waals surface area contributed by atoms with Crippen LogP contribution in [0.4, 0.5) is 5.69 Å². The van der Waals surface area contributed by atoms with Gasteiger partial charge in [-0.2, -0.15) is 4.31 Å². The van der Waals surface area contributed by atoms with Crippen molar-refractivity contribution in [3.63, 3.8) is 0 Å². The topological polar surface area (TPSA) is 66.5 Å². The monoisotopic (exact) mass is 472 g/mol. The fourth-order valence-electron chi connectivity index (χ4n) is 3.99. The number of hydrogen-bond donors (Lipinski definition) is 1. The number of amides is 1. The summed E-state index contributed by atoms with van der Waals surface area (Å²) in [6.07, 6.45) is 0.506. The van der Waals surface area contributed by atoms with Gasteiger partial charge >= 0.3 is 0 Å². The van der Waals surface area contributed by atoms with Gasteiger partial charge < -0.3 is 5.32 Å². The van der Waals surface area contributed by atoms with Crippen LogP contribution in [0.25, 0.3) is 10.8 Å². The standard InChI is InChI=1S/C28H28N2O3S/c1-21-15-16-22(2)27(19-21)34(32,33)30(18-17-23-9-4-3-5-10-23)20-28(31)29-26-14-8-12-24-11-6-7-13-25(24)26/h3-16,19H,17-18,20H2,1-2H3,(H,29,31). The van der Waals surface area contributed by atoms with Crippen LogP contribution in [0.1, 0.15) is 16.7 Å². The minimum atomic E-state index is -3.88. The van der Waals surface area contributed by atoms with Crippen LogP contribution in [0.5, 0.6) is 0 Å². The highest BCUT2D eigenvalue weighted by atomic mass is 32.2. The zero-order chi connectivity index (χ0) is 24.1. The maximum Gasteiger partial charge on any atom is 0.243 e. The summed E-state index contributed by atoms with van der Waals surface area (Å²) < 4.78 is 28.6. The molecule has 0 saturated carbocycles. The Labute approximate surface area is 201 Å². The highest BCUT2D eigenvalue weighted by molar-refractivity contribution is 7.89. The number of rotatable bonds is 8. The highest BCUT2D eigenvalue weighted by Gasteiger charge is 2.28. The van der Waals surface area contributed by atoms with E-state index in [-0.39, 0.29) is 23.9 Å². The van der Waals surface area contributed by atoms with Gasteiger partial charge in [-0.3, -0.25) is 4.79 Å². The summed E-state index contributed by atoms with van der Waals surface area (Å²) in [6.45, 7) is 3.56. The normalized spacial score (nSPS) is 11.6. The first-order valence-electron chi connectivity index (χ1n) is 11.2. The number of anilines is 1. The first-order valence-corrected chi connectivity index (χ1v) is 12.7. The van der Waals surface area contributed by atoms with Gasteiger partial charge in [-0.15, -0.1) is 0 Å². The number of hydrogen-bond acceptors (Lipinski definition) is 3. The maximum absolute atomic E-state index is 13.7. The summed E-state index contributed by atoms with van der Waals surface area (Å²) in [7, 11) is -3.88. The van der Waals surface area contributed by atoms with Gasteiger partial charge in [-0.25, -0.2) is 8.42 Å². The molecule has 0 aromatic heterocycles. The molecule has 0 aliphatic rings. The van der Waals surface area contributed by atoms with E-state index in [0.717, 1.165) is 21.9 Å². The lowest BCUT2D eigenvalue weighted by Crippen LogP contribution is -2.39. The Balaban J connectivity index is 1.62. The van der Waals surface area contributed by atoms with E-state index < -0.39 is 10.0 Å². The Morgan fingerprint density at radius 1 is 0.853 bits per heavy atom. The van der Waals surface area contributed by atoms with E-state index in [2.05, 4.69) is 5.32 Å². The molecule has 4 rings (SSSR count). The molecule has 0 unspecified atom stereocenters. The zero-order valence-corrected chi connectivity index (χ0v) is 20.2. The second-order valence-electron chi connectivity index (χ2n) is 8.42. The van der Waals surface area contributed by atoms with Gasteiger partial charge in [0.15, 0.2) is 0 Å². The molecule has 5 nitrogen and oxygen atoms in total. The van der Waals surface area contributed by atoms with Crippen LogP contribution in [-0.4, -0.2) is 31.7 Å². The molecule has 4 aromatic carbocycles. The Kier molecular flexibility index (Phi) is 7.10. The molecule has 6 heteroatoms. The minimum absolute atomic E-state index is 0.197. The summed E-state index contributed by atoms with van der Waals surface area (Å²) >= 11 is 0. The van der Waals surface area contributed by atoms with Gasteiger partial charge in [-0.05, 0) is 54.5 Å². The Hall–Kier alpha value is -3.48. The predicted octanol–water partition coefficient (Wildman–Crippen LogP) is 5.33. The molecule has 0 bridgehead atoms. The van der Waals surface area contributed by atoms with Crippen molar-refractivity contribution in [2.24, 2.45) is 0 Å². The predicted molar refractivity (Wildman–Crippen MR) is 137 cm³/mol. The molecule has 1 N–H and O–H groups in total. The molecule has 0 radical (unpaired) electrons. The maximum atomic E-state index is 13.7. The van der Waals surface area contributed by atoms with Crippen molar-refractivity contribution in [3.8, 4) is 0 Å². The lowest BCUT2D eigenvalue weighted by atomic mass is 10.1. The van der Waals surface area contributed by atoms with E-state index in [9.17, 15) is 13.2 Å². The average molecular weight is 473 g/mol. The lowest BCUT2D eigenvalue weighted by molar-refractivity contribution is -0.116. The van der Waals surface area contributed by atoms with E-state index in [1.807, 2.05) is 85.8 Å². The molecule has 0 atom stereocenters. The third-order valence-electron chi connectivity index (χ3n) is 5.84. The van der Waals surface area contributed by atoms with Crippen LogP contribution in [0.2, 0.25) is 0 Å². The van der Waals surface area contributed by atoms with Crippen molar-refractivity contribution >= 4 is 32.4 Å². The average Bonchev–Trinajstić information content (AvgIpc) is 2.84. The van der Waals surface area contributed by atoms with Gasteiger partial charge in [0.2, 0.25) is 15.9 Å². The first-order chi connectivity index (χ1) is 16.3. The Bertz CT molecular complexity index is 1410.